The van der Waals surface area contributed by atoms with Gasteiger partial charge in [0, 0.05) is 23.2 Å². The van der Waals surface area contributed by atoms with Crippen LogP contribution in [0.2, 0.25) is 0 Å². The Labute approximate surface area is 199 Å². The summed E-state index contributed by atoms with van der Waals surface area (Å²) >= 11 is 4.42. The van der Waals surface area contributed by atoms with E-state index >= 15 is 0 Å². The van der Waals surface area contributed by atoms with Gasteiger partial charge in [-0.05, 0) is 89.6 Å². The number of thioether (sulfide) groups is 1. The van der Waals surface area contributed by atoms with Crippen LogP contribution in [0.25, 0.3) is 6.08 Å². The first-order chi connectivity index (χ1) is 15.4. The average molecular weight is 518 g/mol. The topological polar surface area (TPSA) is 79.0 Å². The number of imide groups is 1. The number of ether oxygens (including phenoxy) is 1. The van der Waals surface area contributed by atoms with E-state index in [9.17, 15) is 14.4 Å². The number of rotatable bonds is 8. The zero-order chi connectivity index (χ0) is 23.3. The molecule has 3 rings (SSSR count). The SMILES string of the molecule is CCN(CC)c1ccc(/C=C2/SC(=O)N(CC(=O)Nc3ccc(OC)cc3)C2=O)cc1Br. The highest BCUT2D eigenvalue weighted by Crippen LogP contribution is 2.34. The maximum absolute atomic E-state index is 12.7. The summed E-state index contributed by atoms with van der Waals surface area (Å²) in [5.74, 6) is -0.269. The lowest BCUT2D eigenvalue weighted by Gasteiger charge is -2.22. The zero-order valence-electron chi connectivity index (χ0n) is 18.1. The molecule has 0 aromatic heterocycles. The molecule has 9 heteroatoms. The van der Waals surface area contributed by atoms with Crippen molar-refractivity contribution >= 4 is 62.2 Å². The van der Waals surface area contributed by atoms with Crippen molar-refractivity contribution in [3.63, 3.8) is 0 Å². The lowest BCUT2D eigenvalue weighted by Crippen LogP contribution is -2.36. The van der Waals surface area contributed by atoms with E-state index in [1.54, 1.807) is 37.5 Å². The molecule has 2 aromatic carbocycles. The number of hydrogen-bond donors (Lipinski definition) is 1. The van der Waals surface area contributed by atoms with Crippen molar-refractivity contribution in [2.24, 2.45) is 0 Å². The third kappa shape index (κ3) is 5.52. The molecule has 2 aromatic rings. The van der Waals surface area contributed by atoms with Gasteiger partial charge < -0.3 is 15.0 Å². The molecule has 0 bridgehead atoms. The van der Waals surface area contributed by atoms with E-state index < -0.39 is 17.1 Å². The predicted octanol–water partition coefficient (Wildman–Crippen LogP) is 4.98. The van der Waals surface area contributed by atoms with Gasteiger partial charge in [0.05, 0.1) is 17.7 Å². The second-order valence-electron chi connectivity index (χ2n) is 6.93. The highest BCUT2D eigenvalue weighted by Gasteiger charge is 2.36. The summed E-state index contributed by atoms with van der Waals surface area (Å²) in [6.07, 6.45) is 1.67. The van der Waals surface area contributed by atoms with Crippen LogP contribution in [0.4, 0.5) is 16.2 Å². The molecule has 0 aliphatic carbocycles. The Morgan fingerprint density at radius 3 is 2.44 bits per heavy atom. The Balaban J connectivity index is 1.69. The number of carbonyl (C=O) groups excluding carboxylic acids is 3. The molecule has 0 unspecified atom stereocenters. The second kappa shape index (κ2) is 10.7. The molecule has 1 heterocycles. The third-order valence-electron chi connectivity index (χ3n) is 4.92. The molecule has 1 fully saturated rings. The van der Waals surface area contributed by atoms with Crippen molar-refractivity contribution in [2.75, 3.05) is 37.0 Å². The average Bonchev–Trinajstić information content (AvgIpc) is 3.03. The van der Waals surface area contributed by atoms with Gasteiger partial charge in [-0.2, -0.15) is 0 Å². The molecular formula is C23H24BrN3O4S. The summed E-state index contributed by atoms with van der Waals surface area (Å²) in [6, 6.07) is 12.6. The first kappa shape index (κ1) is 23.9. The van der Waals surface area contributed by atoms with Crippen LogP contribution < -0.4 is 15.0 Å². The fraction of sp³-hybridized carbons (Fsp3) is 0.261. The number of methoxy groups -OCH3 is 1. The van der Waals surface area contributed by atoms with Gasteiger partial charge in [-0.25, -0.2) is 0 Å². The van der Waals surface area contributed by atoms with Crippen molar-refractivity contribution in [3.05, 3.63) is 57.4 Å². The number of nitrogens with zero attached hydrogens (tertiary/aromatic N) is 2. The number of halogens is 1. The molecule has 168 valence electrons. The Bertz CT molecular complexity index is 1050. The zero-order valence-corrected chi connectivity index (χ0v) is 20.5. The minimum Gasteiger partial charge on any atom is -0.497 e. The Morgan fingerprint density at radius 2 is 1.84 bits per heavy atom. The Hall–Kier alpha value is -2.78. The van der Waals surface area contributed by atoms with Gasteiger partial charge in [0.2, 0.25) is 5.91 Å². The predicted molar refractivity (Wildman–Crippen MR) is 132 cm³/mol. The van der Waals surface area contributed by atoms with E-state index in [0.717, 1.165) is 45.5 Å². The van der Waals surface area contributed by atoms with Crippen molar-refractivity contribution < 1.29 is 19.1 Å². The van der Waals surface area contributed by atoms with Gasteiger partial charge in [-0.15, -0.1) is 0 Å². The van der Waals surface area contributed by atoms with Gasteiger partial charge in [0.15, 0.2) is 0 Å². The molecule has 0 radical (unpaired) electrons. The summed E-state index contributed by atoms with van der Waals surface area (Å²) in [5.41, 5.74) is 2.41. The van der Waals surface area contributed by atoms with Crippen LogP contribution in [0.1, 0.15) is 19.4 Å². The van der Waals surface area contributed by atoms with Crippen LogP contribution in [-0.2, 0) is 9.59 Å². The number of carbonyl (C=O) groups is 3. The molecule has 1 aliphatic rings. The van der Waals surface area contributed by atoms with Crippen molar-refractivity contribution in [2.45, 2.75) is 13.8 Å². The van der Waals surface area contributed by atoms with Crippen LogP contribution in [0.3, 0.4) is 0 Å². The van der Waals surface area contributed by atoms with Crippen molar-refractivity contribution in [3.8, 4) is 5.75 Å². The van der Waals surface area contributed by atoms with Crippen LogP contribution in [-0.4, -0.2) is 48.7 Å². The standard InChI is InChI=1S/C23H24BrN3O4S/c1-4-26(5-2)19-11-6-15(12-18(19)24)13-20-22(29)27(23(30)32-20)14-21(28)25-16-7-9-17(31-3)10-8-16/h6-13H,4-5,14H2,1-3H3,(H,25,28)/b20-13+. The second-order valence-corrected chi connectivity index (χ2v) is 8.78. The minimum absolute atomic E-state index is 0.287. The van der Waals surface area contributed by atoms with Gasteiger partial charge in [-0.1, -0.05) is 6.07 Å². The number of hydrogen-bond acceptors (Lipinski definition) is 6. The van der Waals surface area contributed by atoms with Crippen molar-refractivity contribution in [1.82, 2.24) is 4.90 Å². The summed E-state index contributed by atoms with van der Waals surface area (Å²) < 4.78 is 5.99. The highest BCUT2D eigenvalue weighted by atomic mass is 79.9. The van der Waals surface area contributed by atoms with Crippen LogP contribution in [0.15, 0.2) is 51.8 Å². The normalized spacial score (nSPS) is 14.8. The lowest BCUT2D eigenvalue weighted by atomic mass is 10.1. The van der Waals surface area contributed by atoms with Gasteiger partial charge in [0.25, 0.3) is 11.1 Å². The molecule has 0 atom stereocenters. The Morgan fingerprint density at radius 1 is 1.16 bits per heavy atom. The largest absolute Gasteiger partial charge is 0.497 e. The molecule has 32 heavy (non-hydrogen) atoms. The molecule has 1 saturated heterocycles. The Kier molecular flexibility index (Phi) is 7.98. The molecular weight excluding hydrogens is 494 g/mol. The van der Waals surface area contributed by atoms with E-state index in [4.69, 9.17) is 4.74 Å². The monoisotopic (exact) mass is 517 g/mol. The molecule has 0 saturated carbocycles. The molecule has 0 spiro atoms. The molecule has 1 aliphatic heterocycles. The number of anilines is 2. The van der Waals surface area contributed by atoms with E-state index in [-0.39, 0.29) is 11.4 Å². The summed E-state index contributed by atoms with van der Waals surface area (Å²) in [6.45, 7) is 5.59. The summed E-state index contributed by atoms with van der Waals surface area (Å²) in [7, 11) is 1.55. The fourth-order valence-electron chi connectivity index (χ4n) is 3.24. The van der Waals surface area contributed by atoms with Crippen molar-refractivity contribution in [1.29, 1.82) is 0 Å². The maximum Gasteiger partial charge on any atom is 0.294 e. The first-order valence-electron chi connectivity index (χ1n) is 10.1. The van der Waals surface area contributed by atoms with E-state index in [0.29, 0.717) is 11.4 Å². The van der Waals surface area contributed by atoms with E-state index in [2.05, 4.69) is 40.0 Å². The molecule has 1 N–H and O–H groups in total. The number of nitrogens with one attached hydrogen (secondary N) is 1. The lowest BCUT2D eigenvalue weighted by molar-refractivity contribution is -0.127. The quantitative estimate of drug-likeness (QED) is 0.497. The summed E-state index contributed by atoms with van der Waals surface area (Å²) in [4.78, 5) is 40.9. The van der Waals surface area contributed by atoms with Crippen LogP contribution in [0.5, 0.6) is 5.75 Å². The molecule has 3 amide bonds. The van der Waals surface area contributed by atoms with Crippen LogP contribution >= 0.6 is 27.7 Å². The smallest absolute Gasteiger partial charge is 0.294 e. The highest BCUT2D eigenvalue weighted by molar-refractivity contribution is 9.10. The summed E-state index contributed by atoms with van der Waals surface area (Å²) in [5, 5.41) is 2.21. The minimum atomic E-state index is -0.478. The van der Waals surface area contributed by atoms with E-state index in [1.807, 2.05) is 18.2 Å². The van der Waals surface area contributed by atoms with Gasteiger partial charge >= 0.3 is 0 Å². The maximum atomic E-state index is 12.7. The first-order valence-corrected chi connectivity index (χ1v) is 11.7. The van der Waals surface area contributed by atoms with E-state index in [1.165, 1.54) is 0 Å². The third-order valence-corrected chi connectivity index (χ3v) is 6.47. The number of benzene rings is 2. The number of amides is 3. The molecule has 7 nitrogen and oxygen atoms in total. The van der Waals surface area contributed by atoms with Crippen LogP contribution in [0, 0.1) is 0 Å². The van der Waals surface area contributed by atoms with Gasteiger partial charge in [0.1, 0.15) is 12.3 Å². The fourth-order valence-corrected chi connectivity index (χ4v) is 4.73. The van der Waals surface area contributed by atoms with Gasteiger partial charge in [-0.3, -0.25) is 19.3 Å².